The van der Waals surface area contributed by atoms with Crippen LogP contribution in [-0.4, -0.2) is 47.5 Å². The summed E-state index contributed by atoms with van der Waals surface area (Å²) in [6.07, 6.45) is 2.62. The molecule has 0 radical (unpaired) electrons. The van der Waals surface area contributed by atoms with Gasteiger partial charge in [0, 0.05) is 23.1 Å². The fourth-order valence-corrected chi connectivity index (χ4v) is 2.69. The molecule has 1 saturated heterocycles. The van der Waals surface area contributed by atoms with Crippen molar-refractivity contribution in [2.75, 3.05) is 32.9 Å². The number of anilines is 1. The van der Waals surface area contributed by atoms with E-state index in [-0.39, 0.29) is 0 Å². The Kier molecular flexibility index (Phi) is 6.10. The third-order valence-corrected chi connectivity index (χ3v) is 4.14. The van der Waals surface area contributed by atoms with Crippen LogP contribution in [0.15, 0.2) is 30.3 Å². The average Bonchev–Trinajstić information content (AvgIpc) is 2.96. The van der Waals surface area contributed by atoms with Gasteiger partial charge in [-0.25, -0.2) is 0 Å². The van der Waals surface area contributed by atoms with E-state index in [1.54, 1.807) is 0 Å². The van der Waals surface area contributed by atoms with E-state index in [1.807, 2.05) is 30.3 Å². The van der Waals surface area contributed by atoms with Crippen molar-refractivity contribution in [3.8, 4) is 11.4 Å². The molecule has 1 aromatic carbocycles. The molecule has 6 heteroatoms. The molecule has 0 unspecified atom stereocenters. The predicted octanol–water partition coefficient (Wildman–Crippen LogP) is 2.09. The zero-order chi connectivity index (χ0) is 15.1. The zero-order valence-corrected chi connectivity index (χ0v) is 13.4. The van der Waals surface area contributed by atoms with Crippen LogP contribution < -0.4 is 11.1 Å². The first-order valence-corrected chi connectivity index (χ1v) is 7.97. The Morgan fingerprint density at radius 2 is 1.90 bits per heavy atom. The molecule has 5 nitrogen and oxygen atoms in total. The van der Waals surface area contributed by atoms with Crippen LogP contribution >= 0.6 is 11.5 Å². The van der Waals surface area contributed by atoms with Gasteiger partial charge in [-0.1, -0.05) is 30.3 Å². The summed E-state index contributed by atoms with van der Waals surface area (Å²) in [4.78, 5) is 6.45. The molecule has 3 N–H and O–H groups in total. The van der Waals surface area contributed by atoms with Crippen LogP contribution in [0.3, 0.4) is 0 Å². The summed E-state index contributed by atoms with van der Waals surface area (Å²) < 4.78 is 4.09. The maximum atomic E-state index is 5.46. The highest BCUT2D eigenvalue weighted by atomic mass is 32.1. The van der Waals surface area contributed by atoms with Crippen molar-refractivity contribution in [2.45, 2.75) is 18.9 Å². The summed E-state index contributed by atoms with van der Waals surface area (Å²) in [5, 5.41) is 3.81. The summed E-state index contributed by atoms with van der Waals surface area (Å²) in [5.74, 6) is 0.707. The largest absolute Gasteiger partial charge is 0.374 e. The molecule has 0 saturated carbocycles. The topological polar surface area (TPSA) is 67.1 Å². The number of rotatable bonds is 2. The fraction of sp³-hybridized carbons (Fsp3) is 0.467. The van der Waals surface area contributed by atoms with Gasteiger partial charge in [0.1, 0.15) is 0 Å². The summed E-state index contributed by atoms with van der Waals surface area (Å²) in [5.41, 5.74) is 6.47. The predicted molar refractivity (Wildman–Crippen MR) is 89.3 cm³/mol. The van der Waals surface area contributed by atoms with Crippen molar-refractivity contribution in [2.24, 2.45) is 0 Å². The lowest BCUT2D eigenvalue weighted by Crippen LogP contribution is -2.39. The highest BCUT2D eigenvalue weighted by molar-refractivity contribution is 7.09. The number of likely N-dealkylation sites (tertiary alicyclic amines) is 1. The maximum Gasteiger partial charge on any atom is 0.200 e. The lowest BCUT2D eigenvalue weighted by atomic mass is 10.1. The molecule has 1 aliphatic heterocycles. The number of hydrogen-bond donors (Lipinski definition) is 2. The van der Waals surface area contributed by atoms with Gasteiger partial charge in [-0.05, 0) is 40.0 Å². The summed E-state index contributed by atoms with van der Waals surface area (Å²) >= 11 is 1.22. The Bertz CT molecular complexity index is 520. The second kappa shape index (κ2) is 8.07. The molecule has 2 heterocycles. The van der Waals surface area contributed by atoms with Gasteiger partial charge in [0.2, 0.25) is 0 Å². The molecule has 2 aromatic rings. The maximum absolute atomic E-state index is 5.46. The molecular weight excluding hydrogens is 282 g/mol. The van der Waals surface area contributed by atoms with Gasteiger partial charge in [-0.15, -0.1) is 0 Å². The smallest absolute Gasteiger partial charge is 0.200 e. The second-order valence-corrected chi connectivity index (χ2v) is 5.97. The first kappa shape index (κ1) is 15.9. The Hall–Kier alpha value is -1.50. The van der Waals surface area contributed by atoms with Gasteiger partial charge in [-0.3, -0.25) is 0 Å². The van der Waals surface area contributed by atoms with Crippen LogP contribution in [0.2, 0.25) is 0 Å². The lowest BCUT2D eigenvalue weighted by Gasteiger charge is -2.28. The average molecular weight is 305 g/mol. The summed E-state index contributed by atoms with van der Waals surface area (Å²) in [7, 11) is 4.24. The molecule has 21 heavy (non-hydrogen) atoms. The second-order valence-electron chi connectivity index (χ2n) is 5.19. The number of aromatic nitrogens is 2. The van der Waals surface area contributed by atoms with Gasteiger partial charge in [0.15, 0.2) is 11.0 Å². The minimum atomic E-state index is 0.508. The van der Waals surface area contributed by atoms with E-state index in [2.05, 4.69) is 33.7 Å². The first-order chi connectivity index (χ1) is 10.2. The van der Waals surface area contributed by atoms with Crippen molar-refractivity contribution in [3.63, 3.8) is 0 Å². The third-order valence-electron chi connectivity index (χ3n) is 3.60. The SMILES string of the molecule is CNC1CCN(C)CC1.Nc1nc(-c2ccccc2)ns1. The molecule has 114 valence electrons. The van der Waals surface area contributed by atoms with Crippen LogP contribution in [0, 0.1) is 0 Å². The molecule has 1 fully saturated rings. The summed E-state index contributed by atoms with van der Waals surface area (Å²) in [6, 6.07) is 10.6. The van der Waals surface area contributed by atoms with Gasteiger partial charge in [0.05, 0.1) is 0 Å². The van der Waals surface area contributed by atoms with Crippen molar-refractivity contribution in [3.05, 3.63) is 30.3 Å². The van der Waals surface area contributed by atoms with Crippen LogP contribution in [0.25, 0.3) is 11.4 Å². The molecule has 0 atom stereocenters. The number of nitrogen functional groups attached to an aromatic ring is 1. The van der Waals surface area contributed by atoms with Crippen LogP contribution in [0.1, 0.15) is 12.8 Å². The molecule has 1 aromatic heterocycles. The van der Waals surface area contributed by atoms with Crippen LogP contribution in [0.5, 0.6) is 0 Å². The molecule has 0 amide bonds. The number of nitrogens with two attached hydrogens (primary N) is 1. The summed E-state index contributed by atoms with van der Waals surface area (Å²) in [6.45, 7) is 2.51. The van der Waals surface area contributed by atoms with E-state index >= 15 is 0 Å². The normalized spacial score (nSPS) is 16.3. The Balaban J connectivity index is 0.000000161. The molecule has 0 aliphatic carbocycles. The number of benzene rings is 1. The van der Waals surface area contributed by atoms with E-state index in [9.17, 15) is 0 Å². The highest BCUT2D eigenvalue weighted by Crippen LogP contribution is 2.17. The van der Waals surface area contributed by atoms with E-state index in [1.165, 1.54) is 37.5 Å². The van der Waals surface area contributed by atoms with E-state index in [0.717, 1.165) is 11.6 Å². The standard InChI is InChI=1S/C8H7N3S.C7H16N2/c9-8-10-7(11-12-8)6-4-2-1-3-5-6;1-8-7-3-5-9(2)6-4-7/h1-5H,(H2,9,10,11);7-8H,3-6H2,1-2H3. The van der Waals surface area contributed by atoms with E-state index in [4.69, 9.17) is 5.73 Å². The third kappa shape index (κ3) is 5.08. The Labute approximate surface area is 130 Å². The molecule has 1 aliphatic rings. The van der Waals surface area contributed by atoms with Gasteiger partial charge in [0.25, 0.3) is 0 Å². The number of piperidine rings is 1. The Morgan fingerprint density at radius 3 is 2.43 bits per heavy atom. The highest BCUT2D eigenvalue weighted by Gasteiger charge is 2.13. The molecule has 0 spiro atoms. The van der Waals surface area contributed by atoms with Crippen molar-refractivity contribution in [1.29, 1.82) is 0 Å². The first-order valence-electron chi connectivity index (χ1n) is 7.19. The zero-order valence-electron chi connectivity index (χ0n) is 12.6. The van der Waals surface area contributed by atoms with Crippen LogP contribution in [-0.2, 0) is 0 Å². The van der Waals surface area contributed by atoms with Crippen molar-refractivity contribution in [1.82, 2.24) is 19.6 Å². The fourth-order valence-electron chi connectivity index (χ4n) is 2.24. The number of hydrogen-bond acceptors (Lipinski definition) is 6. The molecular formula is C15H23N5S. The number of nitrogens with one attached hydrogen (secondary N) is 1. The quantitative estimate of drug-likeness (QED) is 0.889. The van der Waals surface area contributed by atoms with Gasteiger partial charge in [-0.2, -0.15) is 9.36 Å². The minimum Gasteiger partial charge on any atom is -0.374 e. The van der Waals surface area contributed by atoms with E-state index < -0.39 is 0 Å². The van der Waals surface area contributed by atoms with Crippen molar-refractivity contribution < 1.29 is 0 Å². The van der Waals surface area contributed by atoms with E-state index in [0.29, 0.717) is 11.0 Å². The van der Waals surface area contributed by atoms with Crippen molar-refractivity contribution >= 4 is 16.7 Å². The number of nitrogens with zero attached hydrogens (tertiary/aromatic N) is 3. The lowest BCUT2D eigenvalue weighted by molar-refractivity contribution is 0.240. The van der Waals surface area contributed by atoms with Gasteiger partial charge >= 0.3 is 0 Å². The van der Waals surface area contributed by atoms with Crippen LogP contribution in [0.4, 0.5) is 5.13 Å². The molecule has 3 rings (SSSR count). The van der Waals surface area contributed by atoms with Gasteiger partial charge < -0.3 is 16.0 Å². The molecule has 0 bridgehead atoms. The Morgan fingerprint density at radius 1 is 1.24 bits per heavy atom. The monoisotopic (exact) mass is 305 g/mol. The minimum absolute atomic E-state index is 0.508.